The lowest BCUT2D eigenvalue weighted by Gasteiger charge is -2.13. The van der Waals surface area contributed by atoms with Gasteiger partial charge in [-0.1, -0.05) is 17.7 Å². The van der Waals surface area contributed by atoms with Gasteiger partial charge in [0.05, 0.1) is 32.9 Å². The van der Waals surface area contributed by atoms with Crippen LogP contribution in [0.2, 0.25) is 5.02 Å². The number of nitrogens with zero attached hydrogens (tertiary/aromatic N) is 5. The predicted octanol–water partition coefficient (Wildman–Crippen LogP) is 5.65. The minimum absolute atomic E-state index is 0.204. The summed E-state index contributed by atoms with van der Waals surface area (Å²) in [6, 6.07) is 15.3. The van der Waals surface area contributed by atoms with Crippen molar-refractivity contribution in [1.82, 2.24) is 24.2 Å². The topological polar surface area (TPSA) is 118 Å². The molecule has 3 aromatic heterocycles. The van der Waals surface area contributed by atoms with Gasteiger partial charge in [0.1, 0.15) is 28.8 Å². The van der Waals surface area contributed by atoms with Crippen LogP contribution in [-0.2, 0) is 11.3 Å². The number of fused-ring (bicyclic) bond motifs is 2. The lowest BCUT2D eigenvalue weighted by atomic mass is 10.1. The third kappa shape index (κ3) is 4.43. The Morgan fingerprint density at radius 1 is 1.22 bits per heavy atom. The minimum Gasteiger partial charge on any atom is -0.455 e. The second kappa shape index (κ2) is 9.35. The number of halogens is 1. The molecule has 0 radical (unpaired) electrons. The molecule has 1 amide bonds. The number of ether oxygens (including phenoxy) is 1. The van der Waals surface area contributed by atoms with E-state index in [4.69, 9.17) is 16.3 Å². The van der Waals surface area contributed by atoms with Crippen molar-refractivity contribution in [3.05, 3.63) is 66.2 Å². The number of anilines is 2. The number of nitrogens with one attached hydrogen (secondary N) is 2. The number of nitriles is 1. The van der Waals surface area contributed by atoms with Gasteiger partial charge in [-0.2, -0.15) is 9.64 Å². The number of carbonyl (C=O) groups is 1. The van der Waals surface area contributed by atoms with Gasteiger partial charge in [0.15, 0.2) is 5.82 Å². The van der Waals surface area contributed by atoms with Crippen molar-refractivity contribution in [3.63, 3.8) is 0 Å². The molecule has 0 aliphatic heterocycles. The molecule has 1 fully saturated rings. The van der Waals surface area contributed by atoms with Crippen molar-refractivity contribution < 1.29 is 9.53 Å². The zero-order chi connectivity index (χ0) is 25.4. The molecular formula is C26H20ClN7O2S. The van der Waals surface area contributed by atoms with E-state index in [1.165, 1.54) is 17.9 Å². The van der Waals surface area contributed by atoms with Gasteiger partial charge >= 0.3 is 0 Å². The summed E-state index contributed by atoms with van der Waals surface area (Å²) in [5, 5.41) is 16.8. The molecule has 9 nitrogen and oxygen atoms in total. The van der Waals surface area contributed by atoms with E-state index in [1.54, 1.807) is 18.3 Å². The first kappa shape index (κ1) is 23.2. The SMILES string of the molecule is N#CC1(C(=O)NCCn2ccc3ncnc(Nc4ccc(Oc5cccc6sncc56)c(Cl)c4)c32)CC1. The Hall–Kier alpha value is -4.20. The second-order valence-electron chi connectivity index (χ2n) is 8.78. The van der Waals surface area contributed by atoms with Crippen LogP contribution < -0.4 is 15.4 Å². The molecule has 1 saturated carbocycles. The second-order valence-corrected chi connectivity index (χ2v) is 10.0. The van der Waals surface area contributed by atoms with Crippen LogP contribution in [0.5, 0.6) is 11.5 Å². The number of benzene rings is 2. The Bertz CT molecular complexity index is 1690. The first-order valence-corrected chi connectivity index (χ1v) is 12.8. The van der Waals surface area contributed by atoms with E-state index in [0.29, 0.717) is 48.3 Å². The number of aromatic nitrogens is 4. The number of hydrogen-bond donors (Lipinski definition) is 2. The quantitative estimate of drug-likeness (QED) is 0.266. The van der Waals surface area contributed by atoms with Crippen molar-refractivity contribution in [2.75, 3.05) is 11.9 Å². The molecule has 0 unspecified atom stereocenters. The monoisotopic (exact) mass is 529 g/mol. The highest BCUT2D eigenvalue weighted by Crippen LogP contribution is 2.45. The van der Waals surface area contributed by atoms with E-state index >= 15 is 0 Å². The van der Waals surface area contributed by atoms with E-state index in [-0.39, 0.29) is 5.91 Å². The Morgan fingerprint density at radius 3 is 2.92 bits per heavy atom. The van der Waals surface area contributed by atoms with Crippen LogP contribution in [-0.4, -0.2) is 31.4 Å². The van der Waals surface area contributed by atoms with Gasteiger partial charge in [-0.15, -0.1) is 0 Å². The van der Waals surface area contributed by atoms with E-state index < -0.39 is 5.41 Å². The Labute approximate surface area is 220 Å². The average molecular weight is 530 g/mol. The van der Waals surface area contributed by atoms with Crippen LogP contribution in [0.1, 0.15) is 12.8 Å². The summed E-state index contributed by atoms with van der Waals surface area (Å²) in [5.41, 5.74) is 1.46. The number of rotatable bonds is 8. The molecule has 11 heteroatoms. The molecule has 37 heavy (non-hydrogen) atoms. The van der Waals surface area contributed by atoms with E-state index in [1.807, 2.05) is 41.1 Å². The first-order valence-electron chi connectivity index (χ1n) is 11.6. The minimum atomic E-state index is -0.836. The normalized spacial score (nSPS) is 13.8. The van der Waals surface area contributed by atoms with Crippen molar-refractivity contribution in [2.24, 2.45) is 5.41 Å². The van der Waals surface area contributed by atoms with E-state index in [9.17, 15) is 10.1 Å². The van der Waals surface area contributed by atoms with E-state index in [0.717, 1.165) is 26.8 Å². The summed E-state index contributed by atoms with van der Waals surface area (Å²) in [6.45, 7) is 0.903. The smallest absolute Gasteiger partial charge is 0.240 e. The third-order valence-corrected chi connectivity index (χ3v) is 7.42. The lowest BCUT2D eigenvalue weighted by Crippen LogP contribution is -2.33. The lowest BCUT2D eigenvalue weighted by molar-refractivity contribution is -0.124. The van der Waals surface area contributed by atoms with Gasteiger partial charge in [0.2, 0.25) is 5.91 Å². The summed E-state index contributed by atoms with van der Waals surface area (Å²) >= 11 is 7.99. The molecule has 6 rings (SSSR count). The Morgan fingerprint density at radius 2 is 2.11 bits per heavy atom. The molecule has 0 saturated heterocycles. The fourth-order valence-electron chi connectivity index (χ4n) is 4.16. The van der Waals surface area contributed by atoms with Gasteiger partial charge in [0, 0.05) is 25.0 Å². The third-order valence-electron chi connectivity index (χ3n) is 6.36. The Balaban J connectivity index is 1.19. The van der Waals surface area contributed by atoms with Gasteiger partial charge < -0.3 is 19.9 Å². The van der Waals surface area contributed by atoms with Crippen LogP contribution in [0, 0.1) is 16.7 Å². The summed E-state index contributed by atoms with van der Waals surface area (Å²) in [5.74, 6) is 1.63. The standard InChI is InChI=1S/C26H20ClN7O2S/c27-18-12-16(4-5-21(18)36-20-2-1-3-22-17(20)13-32-37-22)33-24-23-19(30-15-31-24)6-10-34(23)11-9-29-25(35)26(14-28)7-8-26/h1-6,10,12-13,15H,7-9,11H2,(H,29,35)(H,30,31,33). The highest BCUT2D eigenvalue weighted by molar-refractivity contribution is 7.13. The number of hydrogen-bond acceptors (Lipinski definition) is 8. The van der Waals surface area contributed by atoms with Crippen molar-refractivity contribution >= 4 is 61.7 Å². The fourth-order valence-corrected chi connectivity index (χ4v) is 5.04. The summed E-state index contributed by atoms with van der Waals surface area (Å²) in [7, 11) is 0. The maximum Gasteiger partial charge on any atom is 0.240 e. The van der Waals surface area contributed by atoms with Crippen molar-refractivity contribution in [1.29, 1.82) is 5.26 Å². The largest absolute Gasteiger partial charge is 0.455 e. The first-order chi connectivity index (χ1) is 18.1. The molecule has 5 aromatic rings. The van der Waals surface area contributed by atoms with Crippen molar-refractivity contribution in [2.45, 2.75) is 19.4 Å². The molecular weight excluding hydrogens is 510 g/mol. The number of amides is 1. The molecule has 1 aliphatic rings. The summed E-state index contributed by atoms with van der Waals surface area (Å²) in [6.07, 6.45) is 6.42. The van der Waals surface area contributed by atoms with E-state index in [2.05, 4.69) is 31.0 Å². The molecule has 3 heterocycles. The average Bonchev–Trinajstić information content (AvgIpc) is 3.36. The van der Waals surface area contributed by atoms with Gasteiger partial charge in [-0.3, -0.25) is 4.79 Å². The predicted molar refractivity (Wildman–Crippen MR) is 142 cm³/mol. The number of carbonyl (C=O) groups excluding carboxylic acids is 1. The van der Waals surface area contributed by atoms with Gasteiger partial charge in [-0.25, -0.2) is 9.97 Å². The van der Waals surface area contributed by atoms with Crippen LogP contribution in [0.15, 0.2) is 61.2 Å². The van der Waals surface area contributed by atoms with Crippen LogP contribution >= 0.6 is 23.1 Å². The fraction of sp³-hybridized carbons (Fsp3) is 0.192. The van der Waals surface area contributed by atoms with Crippen LogP contribution in [0.4, 0.5) is 11.5 Å². The molecule has 184 valence electrons. The highest BCUT2D eigenvalue weighted by atomic mass is 35.5. The summed E-state index contributed by atoms with van der Waals surface area (Å²) in [4.78, 5) is 21.1. The zero-order valence-electron chi connectivity index (χ0n) is 19.4. The van der Waals surface area contributed by atoms with Crippen LogP contribution in [0.25, 0.3) is 21.1 Å². The van der Waals surface area contributed by atoms with Gasteiger partial charge in [0.25, 0.3) is 0 Å². The maximum atomic E-state index is 12.3. The van der Waals surface area contributed by atoms with Gasteiger partial charge in [-0.05, 0) is 60.8 Å². The molecule has 2 N–H and O–H groups in total. The Kier molecular flexibility index (Phi) is 5.87. The zero-order valence-corrected chi connectivity index (χ0v) is 21.0. The molecule has 0 bridgehead atoms. The van der Waals surface area contributed by atoms with Crippen LogP contribution in [0.3, 0.4) is 0 Å². The molecule has 1 aliphatic carbocycles. The summed E-state index contributed by atoms with van der Waals surface area (Å²) < 4.78 is 13.3. The molecule has 0 spiro atoms. The molecule has 2 aromatic carbocycles. The maximum absolute atomic E-state index is 12.3. The molecule has 0 atom stereocenters. The highest BCUT2D eigenvalue weighted by Gasteiger charge is 2.50. The van der Waals surface area contributed by atoms with Crippen molar-refractivity contribution in [3.8, 4) is 17.6 Å².